The van der Waals surface area contributed by atoms with Crippen LogP contribution in [-0.4, -0.2) is 28.0 Å². The number of carbonyl (C=O) groups is 1. The smallest absolute Gasteiger partial charge is 0.287 e. The number of nitrogens with zero attached hydrogens (tertiary/aromatic N) is 2. The van der Waals surface area contributed by atoms with E-state index in [9.17, 15) is 14.9 Å². The van der Waals surface area contributed by atoms with E-state index in [1.807, 2.05) is 6.92 Å². The summed E-state index contributed by atoms with van der Waals surface area (Å²) in [4.78, 5) is 26.2. The van der Waals surface area contributed by atoms with E-state index in [-0.39, 0.29) is 23.5 Å². The van der Waals surface area contributed by atoms with Gasteiger partial charge in [-0.25, -0.2) is 4.98 Å². The van der Waals surface area contributed by atoms with Gasteiger partial charge in [0.1, 0.15) is 6.20 Å². The number of nitro groups is 1. The molecule has 1 fully saturated rings. The van der Waals surface area contributed by atoms with E-state index in [4.69, 9.17) is 4.74 Å². The molecule has 1 heterocycles. The molecule has 1 unspecified atom stereocenters. The number of pyridine rings is 1. The molecule has 22 heavy (non-hydrogen) atoms. The van der Waals surface area contributed by atoms with Crippen molar-refractivity contribution < 1.29 is 14.5 Å². The molecule has 1 saturated carbocycles. The molecule has 1 aromatic rings. The molecule has 0 spiro atoms. The molecule has 2 rings (SSSR count). The first-order valence-corrected chi connectivity index (χ1v) is 7.67. The van der Waals surface area contributed by atoms with Crippen LogP contribution in [0.3, 0.4) is 0 Å². The second-order valence-corrected chi connectivity index (χ2v) is 5.47. The first-order valence-electron chi connectivity index (χ1n) is 7.67. The first kappa shape index (κ1) is 16.2. The Kier molecular flexibility index (Phi) is 5.68. The minimum atomic E-state index is -0.629. The third kappa shape index (κ3) is 4.41. The van der Waals surface area contributed by atoms with Crippen LogP contribution in [-0.2, 0) is 4.79 Å². The summed E-state index contributed by atoms with van der Waals surface area (Å²) in [6.45, 7) is 1.86. The van der Waals surface area contributed by atoms with E-state index in [0.29, 0.717) is 6.42 Å². The zero-order valence-corrected chi connectivity index (χ0v) is 12.7. The summed E-state index contributed by atoms with van der Waals surface area (Å²) in [7, 11) is 0. The van der Waals surface area contributed by atoms with Crippen molar-refractivity contribution in [2.45, 2.75) is 57.6 Å². The molecule has 0 aliphatic heterocycles. The van der Waals surface area contributed by atoms with Crippen LogP contribution in [0.4, 0.5) is 5.69 Å². The molecule has 0 aromatic carbocycles. The van der Waals surface area contributed by atoms with E-state index in [0.717, 1.165) is 31.9 Å². The van der Waals surface area contributed by atoms with E-state index >= 15 is 0 Å². The molecule has 1 N–H and O–H groups in total. The number of amides is 1. The van der Waals surface area contributed by atoms with Crippen molar-refractivity contribution in [2.75, 3.05) is 0 Å². The summed E-state index contributed by atoms with van der Waals surface area (Å²) in [6.07, 6.45) is 6.55. The van der Waals surface area contributed by atoms with E-state index in [1.165, 1.54) is 18.6 Å². The lowest BCUT2D eigenvalue weighted by molar-refractivity contribution is -0.385. The van der Waals surface area contributed by atoms with Gasteiger partial charge in [0, 0.05) is 18.2 Å². The van der Waals surface area contributed by atoms with Gasteiger partial charge in [0.2, 0.25) is 5.88 Å². The van der Waals surface area contributed by atoms with Crippen LogP contribution in [0, 0.1) is 10.1 Å². The molecule has 1 aliphatic carbocycles. The summed E-state index contributed by atoms with van der Waals surface area (Å²) in [5.74, 6) is 0.0748. The Morgan fingerprint density at radius 2 is 2.18 bits per heavy atom. The van der Waals surface area contributed by atoms with Crippen LogP contribution in [0.15, 0.2) is 18.3 Å². The van der Waals surface area contributed by atoms with Gasteiger partial charge in [0.25, 0.3) is 11.6 Å². The SMILES string of the molecule is CCC(Oc1ccc([N+](=O)[O-])cn1)C(=O)NC1CCCCC1. The Bertz CT molecular complexity index is 512. The number of hydrogen-bond donors (Lipinski definition) is 1. The fourth-order valence-electron chi connectivity index (χ4n) is 2.56. The molecule has 120 valence electrons. The van der Waals surface area contributed by atoms with Gasteiger partial charge >= 0.3 is 0 Å². The van der Waals surface area contributed by atoms with Gasteiger partial charge in [-0.2, -0.15) is 0 Å². The van der Waals surface area contributed by atoms with E-state index < -0.39 is 11.0 Å². The highest BCUT2D eigenvalue weighted by Gasteiger charge is 2.23. The van der Waals surface area contributed by atoms with Crippen molar-refractivity contribution in [1.29, 1.82) is 0 Å². The lowest BCUT2D eigenvalue weighted by atomic mass is 9.95. The molecule has 0 radical (unpaired) electrons. The zero-order chi connectivity index (χ0) is 15.9. The number of nitrogens with one attached hydrogen (secondary N) is 1. The molecular weight excluding hydrogens is 286 g/mol. The maximum atomic E-state index is 12.2. The third-order valence-electron chi connectivity index (χ3n) is 3.81. The maximum Gasteiger partial charge on any atom is 0.287 e. The fraction of sp³-hybridized carbons (Fsp3) is 0.600. The Morgan fingerprint density at radius 1 is 1.45 bits per heavy atom. The van der Waals surface area contributed by atoms with Crippen molar-refractivity contribution in [1.82, 2.24) is 10.3 Å². The van der Waals surface area contributed by atoms with Crippen LogP contribution in [0.1, 0.15) is 45.4 Å². The number of ether oxygens (including phenoxy) is 1. The van der Waals surface area contributed by atoms with Crippen molar-refractivity contribution in [2.24, 2.45) is 0 Å². The Labute approximate surface area is 129 Å². The molecule has 7 nitrogen and oxygen atoms in total. The van der Waals surface area contributed by atoms with Crippen LogP contribution >= 0.6 is 0 Å². The number of aromatic nitrogens is 1. The van der Waals surface area contributed by atoms with Gasteiger partial charge < -0.3 is 10.1 Å². The van der Waals surface area contributed by atoms with Gasteiger partial charge in [0.15, 0.2) is 6.10 Å². The zero-order valence-electron chi connectivity index (χ0n) is 12.7. The van der Waals surface area contributed by atoms with Crippen LogP contribution in [0.5, 0.6) is 5.88 Å². The Balaban J connectivity index is 1.92. The van der Waals surface area contributed by atoms with Gasteiger partial charge in [-0.3, -0.25) is 14.9 Å². The molecule has 1 aromatic heterocycles. The predicted molar refractivity (Wildman–Crippen MR) is 80.6 cm³/mol. The monoisotopic (exact) mass is 307 g/mol. The molecular formula is C15H21N3O4. The molecule has 0 bridgehead atoms. The number of hydrogen-bond acceptors (Lipinski definition) is 5. The number of rotatable bonds is 6. The Hall–Kier alpha value is -2.18. The van der Waals surface area contributed by atoms with Gasteiger partial charge in [0.05, 0.1) is 4.92 Å². The summed E-state index contributed by atoms with van der Waals surface area (Å²) in [5.41, 5.74) is -0.105. The lowest BCUT2D eigenvalue weighted by Gasteiger charge is -2.25. The van der Waals surface area contributed by atoms with Gasteiger partial charge in [-0.15, -0.1) is 0 Å². The molecule has 1 aliphatic rings. The van der Waals surface area contributed by atoms with E-state index in [2.05, 4.69) is 10.3 Å². The highest BCUT2D eigenvalue weighted by molar-refractivity contribution is 5.81. The minimum Gasteiger partial charge on any atom is -0.464 e. The van der Waals surface area contributed by atoms with Crippen molar-refractivity contribution >= 4 is 11.6 Å². The molecule has 1 amide bonds. The number of carbonyl (C=O) groups excluding carboxylic acids is 1. The topological polar surface area (TPSA) is 94.4 Å². The van der Waals surface area contributed by atoms with Crippen molar-refractivity contribution in [3.05, 3.63) is 28.4 Å². The van der Waals surface area contributed by atoms with Crippen molar-refractivity contribution in [3.63, 3.8) is 0 Å². The fourth-order valence-corrected chi connectivity index (χ4v) is 2.56. The lowest BCUT2D eigenvalue weighted by Crippen LogP contribution is -2.44. The minimum absolute atomic E-state index is 0.105. The van der Waals surface area contributed by atoms with Gasteiger partial charge in [-0.1, -0.05) is 26.2 Å². The highest BCUT2D eigenvalue weighted by Crippen LogP contribution is 2.19. The second-order valence-electron chi connectivity index (χ2n) is 5.47. The largest absolute Gasteiger partial charge is 0.464 e. The quantitative estimate of drug-likeness (QED) is 0.644. The molecule has 7 heteroatoms. The maximum absolute atomic E-state index is 12.2. The summed E-state index contributed by atoms with van der Waals surface area (Å²) in [6, 6.07) is 2.95. The highest BCUT2D eigenvalue weighted by atomic mass is 16.6. The normalized spacial score (nSPS) is 16.8. The average Bonchev–Trinajstić information content (AvgIpc) is 2.53. The summed E-state index contributed by atoms with van der Waals surface area (Å²) < 4.78 is 5.56. The molecule has 0 saturated heterocycles. The second kappa shape index (κ2) is 7.72. The van der Waals surface area contributed by atoms with Gasteiger partial charge in [-0.05, 0) is 19.3 Å². The Morgan fingerprint density at radius 3 is 2.73 bits per heavy atom. The molecule has 1 atom stereocenters. The summed E-state index contributed by atoms with van der Waals surface area (Å²) in [5, 5.41) is 13.6. The summed E-state index contributed by atoms with van der Waals surface area (Å²) >= 11 is 0. The average molecular weight is 307 g/mol. The van der Waals surface area contributed by atoms with E-state index in [1.54, 1.807) is 0 Å². The van der Waals surface area contributed by atoms with Crippen LogP contribution < -0.4 is 10.1 Å². The third-order valence-corrected chi connectivity index (χ3v) is 3.81. The van der Waals surface area contributed by atoms with Crippen LogP contribution in [0.2, 0.25) is 0 Å². The first-order chi connectivity index (χ1) is 10.6. The standard InChI is InChI=1S/C15H21N3O4/c1-2-13(15(19)17-11-6-4-3-5-7-11)22-14-9-8-12(10-16-14)18(20)21/h8-11,13H,2-7H2,1H3,(H,17,19). The van der Waals surface area contributed by atoms with Crippen molar-refractivity contribution in [3.8, 4) is 5.88 Å². The van der Waals surface area contributed by atoms with Crippen LogP contribution in [0.25, 0.3) is 0 Å². The predicted octanol–water partition coefficient (Wildman–Crippen LogP) is 2.60.